The van der Waals surface area contributed by atoms with Gasteiger partial charge < -0.3 is 15.4 Å². The second-order valence-electron chi connectivity index (χ2n) is 4.58. The summed E-state index contributed by atoms with van der Waals surface area (Å²) in [6.07, 6.45) is 0. The molecule has 0 aliphatic heterocycles. The quantitative estimate of drug-likeness (QED) is 0.710. The minimum Gasteiger partial charge on any atom is -0.484 e. The largest absolute Gasteiger partial charge is 0.484 e. The van der Waals surface area contributed by atoms with Crippen molar-refractivity contribution in [2.45, 2.75) is 0 Å². The zero-order valence-electron chi connectivity index (χ0n) is 12.4. The van der Waals surface area contributed by atoms with Gasteiger partial charge in [-0.1, -0.05) is 12.1 Å². The van der Waals surface area contributed by atoms with Crippen LogP contribution in [0.5, 0.6) is 5.75 Å². The molecule has 0 unspecified atom stereocenters. The van der Waals surface area contributed by atoms with Crippen LogP contribution in [0.3, 0.4) is 0 Å². The number of halogens is 1. The van der Waals surface area contributed by atoms with Crippen molar-refractivity contribution in [3.63, 3.8) is 0 Å². The second-order valence-corrected chi connectivity index (χ2v) is 4.77. The molecule has 2 amide bonds. The number of hydrogen-bond donors (Lipinski definition) is 3. The maximum Gasteiger partial charge on any atom is 0.262 e. The monoisotopic (exact) mass is 333 g/mol. The van der Waals surface area contributed by atoms with E-state index in [2.05, 4.69) is 15.5 Å². The normalized spacial score (nSPS) is 9.83. The van der Waals surface area contributed by atoms with E-state index in [1.807, 2.05) is 0 Å². The van der Waals surface area contributed by atoms with Crippen molar-refractivity contribution in [2.75, 3.05) is 23.8 Å². The molecule has 2 rings (SSSR count). The molecule has 2 aromatic carbocycles. The first-order valence-corrected chi connectivity index (χ1v) is 7.22. The molecule has 6 nitrogen and oxygen atoms in total. The molecule has 0 saturated carbocycles. The minimum absolute atomic E-state index is 0.171. The fourth-order valence-corrected chi connectivity index (χ4v) is 2.00. The van der Waals surface area contributed by atoms with Gasteiger partial charge in [0.25, 0.3) is 11.8 Å². The average Bonchev–Trinajstić information content (AvgIpc) is 2.60. The smallest absolute Gasteiger partial charge is 0.262 e. The van der Waals surface area contributed by atoms with Crippen molar-refractivity contribution in [2.24, 2.45) is 0 Å². The van der Waals surface area contributed by atoms with Crippen LogP contribution >= 0.6 is 11.8 Å². The van der Waals surface area contributed by atoms with Gasteiger partial charge in [-0.05, 0) is 36.4 Å². The van der Waals surface area contributed by atoms with Gasteiger partial charge in [0.2, 0.25) is 0 Å². The summed E-state index contributed by atoms with van der Waals surface area (Å²) in [4.78, 5) is 26.2. The van der Waals surface area contributed by atoms with Crippen molar-refractivity contribution in [3.05, 3.63) is 54.1 Å². The highest BCUT2D eigenvalue weighted by Gasteiger charge is 2.12. The maximum atomic E-state index is 12.0. The maximum absolute atomic E-state index is 12.0. The fourth-order valence-electron chi connectivity index (χ4n) is 1.87. The zero-order valence-corrected chi connectivity index (χ0v) is 13.2. The Bertz CT molecular complexity index is 689. The third-order valence-corrected chi connectivity index (χ3v) is 3.22. The Balaban J connectivity index is 1.95. The summed E-state index contributed by atoms with van der Waals surface area (Å²) in [5, 5.41) is 5.19. The van der Waals surface area contributed by atoms with E-state index in [9.17, 15) is 9.59 Å². The Labute approximate surface area is 138 Å². The van der Waals surface area contributed by atoms with Crippen LogP contribution in [0.1, 0.15) is 10.4 Å². The number of ether oxygens (including phenoxy) is 1. The minimum atomic E-state index is -0.360. The molecule has 120 valence electrons. The van der Waals surface area contributed by atoms with Crippen LogP contribution in [0.2, 0.25) is 0 Å². The van der Waals surface area contributed by atoms with Gasteiger partial charge in [-0.15, -0.1) is 0 Å². The molecule has 0 atom stereocenters. The van der Waals surface area contributed by atoms with Gasteiger partial charge in [0.15, 0.2) is 6.61 Å². The van der Waals surface area contributed by atoms with E-state index < -0.39 is 0 Å². The van der Waals surface area contributed by atoms with Crippen LogP contribution in [0, 0.1) is 0 Å². The predicted octanol–water partition coefficient (Wildman–Crippen LogP) is 2.63. The molecule has 3 N–H and O–H groups in total. The van der Waals surface area contributed by atoms with E-state index >= 15 is 0 Å². The molecule has 0 aromatic heterocycles. The number of rotatable bonds is 6. The van der Waals surface area contributed by atoms with Gasteiger partial charge in [0.05, 0.1) is 11.3 Å². The topological polar surface area (TPSA) is 79.5 Å². The molecule has 0 fully saturated rings. The van der Waals surface area contributed by atoms with Crippen molar-refractivity contribution in [3.8, 4) is 5.75 Å². The van der Waals surface area contributed by atoms with E-state index in [-0.39, 0.29) is 18.4 Å². The number of anilines is 2. The molecule has 0 bridgehead atoms. The lowest BCUT2D eigenvalue weighted by Crippen LogP contribution is -2.24. The number of carbonyl (C=O) groups excluding carboxylic acids is 2. The zero-order chi connectivity index (χ0) is 16.7. The molecule has 2 aromatic rings. The van der Waals surface area contributed by atoms with Gasteiger partial charge in [0.1, 0.15) is 5.75 Å². The summed E-state index contributed by atoms with van der Waals surface area (Å²) in [6, 6.07) is 13.6. The highest BCUT2D eigenvalue weighted by Crippen LogP contribution is 2.17. The number of carbonyl (C=O) groups is 2. The standard InChI is InChI=1S/C16H16ClN3O3/c1-18-16(22)13-4-2-3-5-14(13)19-15(21)10-23-12-8-6-11(20-17)7-9-12/h2-9,20H,10H2,1H3,(H,18,22)(H,19,21). The summed E-state index contributed by atoms with van der Waals surface area (Å²) in [5.41, 5.74) is 1.55. The average molecular weight is 334 g/mol. The third kappa shape index (κ3) is 4.62. The number of hydrogen-bond acceptors (Lipinski definition) is 4. The van der Waals surface area contributed by atoms with Crippen molar-refractivity contribution < 1.29 is 14.3 Å². The number of nitrogens with one attached hydrogen (secondary N) is 3. The first-order valence-electron chi connectivity index (χ1n) is 6.84. The Morgan fingerprint density at radius 3 is 2.43 bits per heavy atom. The Morgan fingerprint density at radius 1 is 1.09 bits per heavy atom. The van der Waals surface area contributed by atoms with Crippen LogP contribution in [-0.2, 0) is 4.79 Å². The second kappa shape index (κ2) is 8.05. The van der Waals surface area contributed by atoms with Crippen LogP contribution in [-0.4, -0.2) is 25.5 Å². The van der Waals surface area contributed by atoms with Crippen LogP contribution in [0.25, 0.3) is 0 Å². The van der Waals surface area contributed by atoms with Crippen molar-refractivity contribution in [1.29, 1.82) is 0 Å². The highest BCUT2D eigenvalue weighted by molar-refractivity contribution is 6.23. The molecule has 0 aliphatic carbocycles. The SMILES string of the molecule is CNC(=O)c1ccccc1NC(=O)COc1ccc(NCl)cc1. The number of amides is 2. The number of para-hydroxylation sites is 1. The summed E-state index contributed by atoms with van der Waals surface area (Å²) in [7, 11) is 1.53. The lowest BCUT2D eigenvalue weighted by atomic mass is 10.1. The summed E-state index contributed by atoms with van der Waals surface area (Å²) >= 11 is 5.46. The van der Waals surface area contributed by atoms with Gasteiger partial charge in [0, 0.05) is 24.5 Å². The predicted molar refractivity (Wildman–Crippen MR) is 89.9 cm³/mol. The van der Waals surface area contributed by atoms with Crippen LogP contribution < -0.4 is 20.2 Å². The van der Waals surface area contributed by atoms with Gasteiger partial charge in [-0.3, -0.25) is 14.4 Å². The van der Waals surface area contributed by atoms with Gasteiger partial charge >= 0.3 is 0 Å². The molecule has 23 heavy (non-hydrogen) atoms. The molecule has 0 saturated heterocycles. The number of benzene rings is 2. The molecule has 0 heterocycles. The summed E-state index contributed by atoms with van der Waals surface area (Å²) < 4.78 is 5.38. The van der Waals surface area contributed by atoms with Crippen molar-refractivity contribution >= 4 is 35.0 Å². The molecule has 0 radical (unpaired) electrons. The molecule has 0 aliphatic rings. The van der Waals surface area contributed by atoms with Crippen LogP contribution in [0.4, 0.5) is 11.4 Å². The van der Waals surface area contributed by atoms with Crippen molar-refractivity contribution in [1.82, 2.24) is 5.32 Å². The van der Waals surface area contributed by atoms with E-state index in [1.54, 1.807) is 48.5 Å². The Hall–Kier alpha value is -2.73. The highest BCUT2D eigenvalue weighted by atomic mass is 35.5. The lowest BCUT2D eigenvalue weighted by Gasteiger charge is -2.11. The third-order valence-electron chi connectivity index (χ3n) is 3.01. The van der Waals surface area contributed by atoms with E-state index in [4.69, 9.17) is 16.5 Å². The molecule has 0 spiro atoms. The molecular formula is C16H16ClN3O3. The summed E-state index contributed by atoms with van der Waals surface area (Å²) in [6.45, 7) is -0.171. The first-order chi connectivity index (χ1) is 11.1. The van der Waals surface area contributed by atoms with E-state index in [0.29, 0.717) is 17.0 Å². The fraction of sp³-hybridized carbons (Fsp3) is 0.125. The van der Waals surface area contributed by atoms with E-state index in [0.717, 1.165) is 5.69 Å². The Morgan fingerprint density at radius 2 is 1.78 bits per heavy atom. The first kappa shape index (κ1) is 16.6. The van der Waals surface area contributed by atoms with E-state index in [1.165, 1.54) is 7.05 Å². The van der Waals surface area contributed by atoms with Gasteiger partial charge in [-0.2, -0.15) is 0 Å². The lowest BCUT2D eigenvalue weighted by molar-refractivity contribution is -0.118. The molecular weight excluding hydrogens is 318 g/mol. The van der Waals surface area contributed by atoms with Crippen LogP contribution in [0.15, 0.2) is 48.5 Å². The summed E-state index contributed by atoms with van der Waals surface area (Å²) in [5.74, 6) is -0.0951. The Kier molecular flexibility index (Phi) is 5.82. The molecule has 7 heteroatoms. The van der Waals surface area contributed by atoms with Gasteiger partial charge in [-0.25, -0.2) is 0 Å².